The van der Waals surface area contributed by atoms with Gasteiger partial charge >= 0.3 is 5.97 Å². The van der Waals surface area contributed by atoms with Crippen molar-refractivity contribution in [3.63, 3.8) is 0 Å². The molecule has 0 spiro atoms. The smallest absolute Gasteiger partial charge is 0.319 e. The number of ether oxygens (including phenoxy) is 1. The van der Waals surface area contributed by atoms with E-state index >= 15 is 0 Å². The van der Waals surface area contributed by atoms with Gasteiger partial charge in [0, 0.05) is 12.6 Å². The number of methoxy groups -OCH3 is 1. The summed E-state index contributed by atoms with van der Waals surface area (Å²) >= 11 is 0. The predicted octanol–water partition coefficient (Wildman–Crippen LogP) is 2.84. The van der Waals surface area contributed by atoms with Crippen LogP contribution in [0.25, 0.3) is 0 Å². The molecule has 17 heavy (non-hydrogen) atoms. The van der Waals surface area contributed by atoms with Crippen molar-refractivity contribution in [2.75, 3.05) is 20.2 Å². The molecule has 0 aromatic carbocycles. The van der Waals surface area contributed by atoms with Gasteiger partial charge in [-0.1, -0.05) is 33.1 Å². The van der Waals surface area contributed by atoms with Gasteiger partial charge in [-0.2, -0.15) is 0 Å². The van der Waals surface area contributed by atoms with Crippen molar-refractivity contribution in [3.05, 3.63) is 0 Å². The summed E-state index contributed by atoms with van der Waals surface area (Å²) in [5.41, 5.74) is 0. The largest absolute Gasteiger partial charge is 0.468 e. The zero-order chi connectivity index (χ0) is 12.7. The van der Waals surface area contributed by atoms with Crippen LogP contribution in [0.2, 0.25) is 0 Å². The maximum absolute atomic E-state index is 11.5. The topological polar surface area (TPSA) is 29.5 Å². The van der Waals surface area contributed by atoms with Gasteiger partial charge in [-0.15, -0.1) is 0 Å². The molecule has 1 rings (SSSR count). The highest BCUT2D eigenvalue weighted by Crippen LogP contribution is 2.24. The third kappa shape index (κ3) is 5.07. The molecule has 3 nitrogen and oxygen atoms in total. The van der Waals surface area contributed by atoms with Crippen molar-refractivity contribution in [3.8, 4) is 0 Å². The minimum absolute atomic E-state index is 0.0967. The normalized spacial score (nSPS) is 18.6. The highest BCUT2D eigenvalue weighted by molar-refractivity contribution is 5.71. The Morgan fingerprint density at radius 1 is 1.41 bits per heavy atom. The number of nitrogens with zero attached hydrogens (tertiary/aromatic N) is 1. The molecule has 3 heteroatoms. The maximum atomic E-state index is 11.5. The first-order valence-corrected chi connectivity index (χ1v) is 6.98. The third-order valence-corrected chi connectivity index (χ3v) is 3.73. The monoisotopic (exact) mass is 241 g/mol. The Morgan fingerprint density at radius 3 is 2.59 bits per heavy atom. The molecule has 0 heterocycles. The molecular formula is C14H27NO2. The predicted molar refractivity (Wildman–Crippen MR) is 69.9 cm³/mol. The van der Waals surface area contributed by atoms with E-state index in [9.17, 15) is 4.79 Å². The summed E-state index contributed by atoms with van der Waals surface area (Å²) in [6.07, 6.45) is 7.57. The molecule has 0 aromatic heterocycles. The Bertz CT molecular complexity index is 224. The molecule has 1 aliphatic carbocycles. The van der Waals surface area contributed by atoms with Crippen molar-refractivity contribution in [1.82, 2.24) is 4.90 Å². The van der Waals surface area contributed by atoms with E-state index in [1.165, 1.54) is 45.6 Å². The van der Waals surface area contributed by atoms with Crippen LogP contribution in [-0.4, -0.2) is 37.1 Å². The fraction of sp³-hybridized carbons (Fsp3) is 0.929. The van der Waals surface area contributed by atoms with Gasteiger partial charge in [0.25, 0.3) is 0 Å². The minimum Gasteiger partial charge on any atom is -0.468 e. The van der Waals surface area contributed by atoms with Crippen LogP contribution < -0.4 is 0 Å². The van der Waals surface area contributed by atoms with Crippen LogP contribution in [0.5, 0.6) is 0 Å². The Hall–Kier alpha value is -0.570. The zero-order valence-corrected chi connectivity index (χ0v) is 11.6. The molecular weight excluding hydrogens is 214 g/mol. The SMILES string of the molecule is CCCC(C)CN(CC(=O)OC)C1CCCC1. The Kier molecular flexibility index (Phi) is 6.56. The van der Waals surface area contributed by atoms with E-state index in [1.54, 1.807) is 0 Å². The molecule has 0 aliphatic heterocycles. The summed E-state index contributed by atoms with van der Waals surface area (Å²) in [4.78, 5) is 13.8. The van der Waals surface area contributed by atoms with E-state index in [0.29, 0.717) is 18.5 Å². The number of esters is 1. The molecule has 1 aliphatic rings. The highest BCUT2D eigenvalue weighted by atomic mass is 16.5. The molecule has 1 atom stereocenters. The molecule has 0 saturated heterocycles. The van der Waals surface area contributed by atoms with Gasteiger partial charge in [-0.25, -0.2) is 0 Å². The summed E-state index contributed by atoms with van der Waals surface area (Å²) in [6.45, 7) is 6.00. The summed E-state index contributed by atoms with van der Waals surface area (Å²) < 4.78 is 4.80. The molecule has 0 radical (unpaired) electrons. The first kappa shape index (κ1) is 14.5. The summed E-state index contributed by atoms with van der Waals surface area (Å²) in [5.74, 6) is 0.575. The summed E-state index contributed by atoms with van der Waals surface area (Å²) in [5, 5.41) is 0. The maximum Gasteiger partial charge on any atom is 0.319 e. The van der Waals surface area contributed by atoms with Crippen LogP contribution in [0.3, 0.4) is 0 Å². The van der Waals surface area contributed by atoms with Crippen LogP contribution in [0.1, 0.15) is 52.4 Å². The molecule has 0 amide bonds. The number of hydrogen-bond acceptors (Lipinski definition) is 3. The first-order valence-electron chi connectivity index (χ1n) is 6.98. The third-order valence-electron chi connectivity index (χ3n) is 3.73. The highest BCUT2D eigenvalue weighted by Gasteiger charge is 2.25. The Morgan fingerprint density at radius 2 is 2.06 bits per heavy atom. The molecule has 100 valence electrons. The lowest BCUT2D eigenvalue weighted by molar-refractivity contribution is -0.142. The van der Waals surface area contributed by atoms with Gasteiger partial charge in [-0.05, 0) is 25.2 Å². The Labute approximate surface area is 106 Å². The lowest BCUT2D eigenvalue weighted by Crippen LogP contribution is -2.40. The van der Waals surface area contributed by atoms with Crippen LogP contribution in [0.15, 0.2) is 0 Å². The quantitative estimate of drug-likeness (QED) is 0.642. The number of hydrogen-bond donors (Lipinski definition) is 0. The molecule has 1 fully saturated rings. The van der Waals surface area contributed by atoms with Gasteiger partial charge in [-0.3, -0.25) is 9.69 Å². The summed E-state index contributed by atoms with van der Waals surface area (Å²) in [6, 6.07) is 0.605. The lowest BCUT2D eigenvalue weighted by Gasteiger charge is -2.30. The first-order chi connectivity index (χ1) is 8.17. The van der Waals surface area contributed by atoms with Crippen LogP contribution >= 0.6 is 0 Å². The average molecular weight is 241 g/mol. The van der Waals surface area contributed by atoms with Crippen molar-refractivity contribution in [2.24, 2.45) is 5.92 Å². The molecule has 1 unspecified atom stereocenters. The van der Waals surface area contributed by atoms with E-state index < -0.39 is 0 Å². The number of rotatable bonds is 7. The van der Waals surface area contributed by atoms with Crippen LogP contribution in [-0.2, 0) is 9.53 Å². The second-order valence-corrected chi connectivity index (χ2v) is 5.34. The van der Waals surface area contributed by atoms with Gasteiger partial charge in [0.2, 0.25) is 0 Å². The van der Waals surface area contributed by atoms with Crippen LogP contribution in [0, 0.1) is 5.92 Å². The molecule has 0 bridgehead atoms. The fourth-order valence-electron chi connectivity index (χ4n) is 2.83. The standard InChI is InChI=1S/C14H27NO2/c1-4-7-12(2)10-15(11-14(16)17-3)13-8-5-6-9-13/h12-13H,4-11H2,1-3H3. The average Bonchev–Trinajstić information content (AvgIpc) is 2.81. The van der Waals surface area contributed by atoms with E-state index in [2.05, 4.69) is 18.7 Å². The second-order valence-electron chi connectivity index (χ2n) is 5.34. The Balaban J connectivity index is 2.48. The second kappa shape index (κ2) is 7.70. The zero-order valence-electron chi connectivity index (χ0n) is 11.6. The fourth-order valence-corrected chi connectivity index (χ4v) is 2.83. The van der Waals surface area contributed by atoms with Gasteiger partial charge in [0.05, 0.1) is 13.7 Å². The van der Waals surface area contributed by atoms with Crippen molar-refractivity contribution in [2.45, 2.75) is 58.4 Å². The summed E-state index contributed by atoms with van der Waals surface area (Å²) in [7, 11) is 1.48. The van der Waals surface area contributed by atoms with Gasteiger partial charge in [0.15, 0.2) is 0 Å². The minimum atomic E-state index is -0.0967. The van der Waals surface area contributed by atoms with Crippen molar-refractivity contribution in [1.29, 1.82) is 0 Å². The van der Waals surface area contributed by atoms with Gasteiger partial charge in [0.1, 0.15) is 0 Å². The molecule has 0 N–H and O–H groups in total. The van der Waals surface area contributed by atoms with E-state index in [4.69, 9.17) is 4.74 Å². The van der Waals surface area contributed by atoms with Crippen molar-refractivity contribution < 1.29 is 9.53 Å². The van der Waals surface area contributed by atoms with E-state index in [0.717, 1.165) is 6.54 Å². The lowest BCUT2D eigenvalue weighted by atomic mass is 10.0. The molecule has 1 saturated carbocycles. The number of carbonyl (C=O) groups is 1. The van der Waals surface area contributed by atoms with Crippen LogP contribution in [0.4, 0.5) is 0 Å². The number of carbonyl (C=O) groups excluding carboxylic acids is 1. The van der Waals surface area contributed by atoms with E-state index in [1.807, 2.05) is 0 Å². The van der Waals surface area contributed by atoms with Gasteiger partial charge < -0.3 is 4.74 Å². The van der Waals surface area contributed by atoms with E-state index in [-0.39, 0.29) is 5.97 Å². The van der Waals surface area contributed by atoms with Crippen molar-refractivity contribution >= 4 is 5.97 Å². The molecule has 0 aromatic rings.